The van der Waals surface area contributed by atoms with Crippen molar-refractivity contribution in [2.45, 2.75) is 11.8 Å². The van der Waals surface area contributed by atoms with E-state index >= 15 is 0 Å². The van der Waals surface area contributed by atoms with Gasteiger partial charge >= 0.3 is 0 Å². The largest absolute Gasteiger partial charge is 0.497 e. The molecule has 0 saturated heterocycles. The second-order valence-electron chi connectivity index (χ2n) is 4.54. The standard InChI is InChI=1S/C15H16N2O4S/c1-11(18)16-12-6-8-13(9-7-12)17-22(19,20)15-5-3-4-14(10-15)21-2/h3-10,17H,1-2H3,(H,16,18). The summed E-state index contributed by atoms with van der Waals surface area (Å²) in [4.78, 5) is 11.0. The molecule has 0 unspecified atom stereocenters. The van der Waals surface area contributed by atoms with Crippen LogP contribution < -0.4 is 14.8 Å². The van der Waals surface area contributed by atoms with Gasteiger partial charge < -0.3 is 10.1 Å². The van der Waals surface area contributed by atoms with Crippen molar-refractivity contribution in [3.8, 4) is 5.75 Å². The zero-order valence-electron chi connectivity index (χ0n) is 12.2. The molecule has 0 aliphatic carbocycles. The van der Waals surface area contributed by atoms with E-state index in [1.54, 1.807) is 36.4 Å². The first-order valence-corrected chi connectivity index (χ1v) is 7.93. The number of sulfonamides is 1. The highest BCUT2D eigenvalue weighted by Crippen LogP contribution is 2.21. The highest BCUT2D eigenvalue weighted by molar-refractivity contribution is 7.92. The number of rotatable bonds is 5. The minimum absolute atomic E-state index is 0.109. The molecule has 2 aromatic carbocycles. The van der Waals surface area contributed by atoms with Gasteiger partial charge in [-0.1, -0.05) is 6.07 Å². The fraction of sp³-hybridized carbons (Fsp3) is 0.133. The molecule has 0 aliphatic rings. The third kappa shape index (κ3) is 3.98. The van der Waals surface area contributed by atoms with Crippen molar-refractivity contribution in [1.29, 1.82) is 0 Å². The van der Waals surface area contributed by atoms with Gasteiger partial charge in [0.2, 0.25) is 5.91 Å². The number of methoxy groups -OCH3 is 1. The van der Waals surface area contributed by atoms with Crippen LogP contribution in [0.1, 0.15) is 6.92 Å². The van der Waals surface area contributed by atoms with Crippen molar-refractivity contribution in [3.05, 3.63) is 48.5 Å². The van der Waals surface area contributed by atoms with E-state index in [0.29, 0.717) is 17.1 Å². The van der Waals surface area contributed by atoms with Crippen LogP contribution in [0.5, 0.6) is 5.75 Å². The van der Waals surface area contributed by atoms with Crippen LogP contribution in [-0.4, -0.2) is 21.4 Å². The molecule has 0 heterocycles. The Bertz CT molecular complexity index is 770. The first-order valence-electron chi connectivity index (χ1n) is 6.45. The Hall–Kier alpha value is -2.54. The molecule has 0 radical (unpaired) electrons. The smallest absolute Gasteiger partial charge is 0.262 e. The Morgan fingerprint density at radius 3 is 2.27 bits per heavy atom. The first kappa shape index (κ1) is 15.8. The molecule has 0 aromatic heterocycles. The molecule has 1 amide bonds. The Morgan fingerprint density at radius 2 is 1.68 bits per heavy atom. The zero-order valence-corrected chi connectivity index (χ0v) is 13.0. The summed E-state index contributed by atoms with van der Waals surface area (Å²) < 4.78 is 32.1. The van der Waals surface area contributed by atoms with E-state index in [4.69, 9.17) is 4.74 Å². The van der Waals surface area contributed by atoms with Crippen molar-refractivity contribution in [3.63, 3.8) is 0 Å². The maximum Gasteiger partial charge on any atom is 0.262 e. The zero-order chi connectivity index (χ0) is 16.2. The van der Waals surface area contributed by atoms with Crippen LogP contribution in [0.3, 0.4) is 0 Å². The van der Waals surface area contributed by atoms with Crippen LogP contribution in [-0.2, 0) is 14.8 Å². The van der Waals surface area contributed by atoms with Gasteiger partial charge in [0.05, 0.1) is 12.0 Å². The number of benzene rings is 2. The molecule has 0 spiro atoms. The highest BCUT2D eigenvalue weighted by Gasteiger charge is 2.14. The Labute approximate surface area is 129 Å². The van der Waals surface area contributed by atoms with Crippen molar-refractivity contribution >= 4 is 27.3 Å². The van der Waals surface area contributed by atoms with Gasteiger partial charge in [0.25, 0.3) is 10.0 Å². The van der Waals surface area contributed by atoms with Gasteiger partial charge in [-0.3, -0.25) is 9.52 Å². The van der Waals surface area contributed by atoms with Crippen molar-refractivity contribution in [2.75, 3.05) is 17.1 Å². The lowest BCUT2D eigenvalue weighted by atomic mass is 10.3. The van der Waals surface area contributed by atoms with Crippen LogP contribution >= 0.6 is 0 Å². The summed E-state index contributed by atoms with van der Waals surface area (Å²) in [5.74, 6) is 0.272. The van der Waals surface area contributed by atoms with Crippen LogP contribution in [0.15, 0.2) is 53.4 Å². The van der Waals surface area contributed by atoms with E-state index in [1.807, 2.05) is 0 Å². The second kappa shape index (κ2) is 6.48. The normalized spacial score (nSPS) is 10.8. The third-order valence-electron chi connectivity index (χ3n) is 2.81. The van der Waals surface area contributed by atoms with E-state index in [2.05, 4.69) is 10.0 Å². The van der Waals surface area contributed by atoms with Crippen molar-refractivity contribution in [2.24, 2.45) is 0 Å². The summed E-state index contributed by atoms with van der Waals surface area (Å²) in [6.07, 6.45) is 0. The van der Waals surface area contributed by atoms with Gasteiger partial charge in [0.1, 0.15) is 5.75 Å². The van der Waals surface area contributed by atoms with Crippen LogP contribution in [0.25, 0.3) is 0 Å². The average Bonchev–Trinajstić information content (AvgIpc) is 2.48. The Morgan fingerprint density at radius 1 is 1.05 bits per heavy atom. The van der Waals surface area contributed by atoms with Crippen LogP contribution in [0, 0.1) is 0 Å². The molecule has 116 valence electrons. The Balaban J connectivity index is 2.19. The summed E-state index contributed by atoms with van der Waals surface area (Å²) in [6.45, 7) is 1.40. The van der Waals surface area contributed by atoms with E-state index in [1.165, 1.54) is 26.2 Å². The van der Waals surface area contributed by atoms with Gasteiger partial charge in [0.15, 0.2) is 0 Å². The Kier molecular flexibility index (Phi) is 4.67. The van der Waals surface area contributed by atoms with Gasteiger partial charge in [0, 0.05) is 24.4 Å². The predicted octanol–water partition coefficient (Wildman–Crippen LogP) is 2.45. The van der Waals surface area contributed by atoms with E-state index in [9.17, 15) is 13.2 Å². The molecule has 0 fully saturated rings. The van der Waals surface area contributed by atoms with Gasteiger partial charge in [-0.15, -0.1) is 0 Å². The fourth-order valence-electron chi connectivity index (χ4n) is 1.81. The minimum atomic E-state index is -3.70. The maximum absolute atomic E-state index is 12.3. The molecule has 0 atom stereocenters. The number of amides is 1. The van der Waals surface area contributed by atoms with Crippen molar-refractivity contribution in [1.82, 2.24) is 0 Å². The summed E-state index contributed by atoms with van der Waals surface area (Å²) >= 11 is 0. The van der Waals surface area contributed by atoms with Gasteiger partial charge in [-0.05, 0) is 36.4 Å². The molecule has 0 aliphatic heterocycles. The summed E-state index contributed by atoms with van der Waals surface area (Å²) in [5.41, 5.74) is 0.994. The van der Waals surface area contributed by atoms with E-state index in [0.717, 1.165) is 0 Å². The lowest BCUT2D eigenvalue weighted by molar-refractivity contribution is -0.114. The number of ether oxygens (including phenoxy) is 1. The number of carbonyl (C=O) groups excluding carboxylic acids is 1. The molecule has 7 heteroatoms. The first-order chi connectivity index (χ1) is 10.4. The minimum Gasteiger partial charge on any atom is -0.497 e. The molecule has 0 bridgehead atoms. The number of hydrogen-bond acceptors (Lipinski definition) is 4. The molecule has 2 rings (SSSR count). The lowest BCUT2D eigenvalue weighted by Gasteiger charge is -2.10. The molecule has 2 N–H and O–H groups in total. The van der Waals surface area contributed by atoms with Crippen LogP contribution in [0.2, 0.25) is 0 Å². The lowest BCUT2D eigenvalue weighted by Crippen LogP contribution is -2.13. The summed E-state index contributed by atoms with van der Waals surface area (Å²) in [6, 6.07) is 12.6. The molecule has 2 aromatic rings. The topological polar surface area (TPSA) is 84.5 Å². The number of carbonyl (C=O) groups is 1. The average molecular weight is 320 g/mol. The highest BCUT2D eigenvalue weighted by atomic mass is 32.2. The van der Waals surface area contributed by atoms with Crippen molar-refractivity contribution < 1.29 is 17.9 Å². The second-order valence-corrected chi connectivity index (χ2v) is 6.23. The van der Waals surface area contributed by atoms with Crippen LogP contribution in [0.4, 0.5) is 11.4 Å². The number of hydrogen-bond donors (Lipinski definition) is 2. The molecule has 6 nitrogen and oxygen atoms in total. The van der Waals surface area contributed by atoms with E-state index in [-0.39, 0.29) is 10.8 Å². The molecule has 22 heavy (non-hydrogen) atoms. The van der Waals surface area contributed by atoms with Gasteiger partial charge in [-0.2, -0.15) is 0 Å². The monoisotopic (exact) mass is 320 g/mol. The maximum atomic E-state index is 12.3. The van der Waals surface area contributed by atoms with E-state index < -0.39 is 10.0 Å². The third-order valence-corrected chi connectivity index (χ3v) is 4.19. The number of nitrogens with one attached hydrogen (secondary N) is 2. The quantitative estimate of drug-likeness (QED) is 0.886. The van der Waals surface area contributed by atoms with Gasteiger partial charge in [-0.25, -0.2) is 8.42 Å². The summed E-state index contributed by atoms with van der Waals surface area (Å²) in [7, 11) is -2.23. The molecular weight excluding hydrogens is 304 g/mol. The number of anilines is 2. The predicted molar refractivity (Wildman–Crippen MR) is 84.5 cm³/mol. The molecular formula is C15H16N2O4S. The molecule has 0 saturated carbocycles. The fourth-order valence-corrected chi connectivity index (χ4v) is 2.90. The summed E-state index contributed by atoms with van der Waals surface area (Å²) in [5, 5.41) is 2.61. The SMILES string of the molecule is COc1cccc(S(=O)(=O)Nc2ccc(NC(C)=O)cc2)c1.